The third kappa shape index (κ3) is 8.05. The zero-order valence-electron chi connectivity index (χ0n) is 25.3. The maximum atomic E-state index is 12.7. The van der Waals surface area contributed by atoms with Gasteiger partial charge >= 0.3 is 0 Å². The summed E-state index contributed by atoms with van der Waals surface area (Å²) >= 11 is 0. The molecule has 0 saturated carbocycles. The summed E-state index contributed by atoms with van der Waals surface area (Å²) in [6.45, 7) is 5.54. The Bertz CT molecular complexity index is 2240. The Hall–Kier alpha value is -5.44. The van der Waals surface area contributed by atoms with Crippen LogP contribution >= 0.6 is 0 Å². The Labute approximate surface area is 271 Å². The van der Waals surface area contributed by atoms with E-state index in [1.807, 2.05) is 50.2 Å². The Morgan fingerprint density at radius 1 is 0.574 bits per heavy atom. The first-order valence-electron chi connectivity index (χ1n) is 13.9. The number of rotatable bonds is 10. The first-order chi connectivity index (χ1) is 22.3. The van der Waals surface area contributed by atoms with Crippen LogP contribution in [-0.4, -0.2) is 26.5 Å². The highest BCUT2D eigenvalue weighted by atomic mass is 32.2. The van der Waals surface area contributed by atoms with Gasteiger partial charge in [-0.05, 0) is 80.4 Å². The van der Waals surface area contributed by atoms with Crippen molar-refractivity contribution in [3.05, 3.63) is 120 Å². The summed E-state index contributed by atoms with van der Waals surface area (Å²) in [6.07, 6.45) is 0. The number of aryl methyl sites for hydroxylation is 3. The zero-order chi connectivity index (χ0) is 33.8. The van der Waals surface area contributed by atoms with E-state index >= 15 is 0 Å². The summed E-state index contributed by atoms with van der Waals surface area (Å²) in [7, 11) is -9.18. The molecule has 2 N–H and O–H groups in total. The number of nitrogens with zero attached hydrogens (tertiary/aromatic N) is 4. The van der Waals surface area contributed by atoms with Crippen LogP contribution in [0.3, 0.4) is 0 Å². The largest absolute Gasteiger partial charge is 0.504 e. The minimum Gasteiger partial charge on any atom is -0.504 e. The van der Waals surface area contributed by atoms with Crippen LogP contribution in [0.25, 0.3) is 0 Å². The third-order valence-electron chi connectivity index (χ3n) is 6.75. The van der Waals surface area contributed by atoms with Gasteiger partial charge in [0, 0.05) is 6.07 Å². The van der Waals surface area contributed by atoms with Crippen molar-refractivity contribution < 1.29 is 36.0 Å². The van der Waals surface area contributed by atoms with Crippen molar-refractivity contribution in [2.75, 3.05) is 0 Å². The average Bonchev–Trinajstić information content (AvgIpc) is 3.02. The molecule has 0 fully saturated rings. The van der Waals surface area contributed by atoms with E-state index < -0.39 is 42.2 Å². The molecule has 0 aromatic heterocycles. The normalized spacial score (nSPS) is 12.1. The lowest BCUT2D eigenvalue weighted by molar-refractivity contribution is 0.457. The fourth-order valence-electron chi connectivity index (χ4n) is 4.15. The number of hydrogen-bond donors (Lipinski definition) is 2. The molecule has 0 aliphatic heterocycles. The van der Waals surface area contributed by atoms with Gasteiger partial charge in [0.05, 0.1) is 9.79 Å². The van der Waals surface area contributed by atoms with Gasteiger partial charge in [0.25, 0.3) is 20.1 Å². The van der Waals surface area contributed by atoms with Crippen LogP contribution < -0.4 is 9.47 Å². The minimum absolute atomic E-state index is 0.159. The van der Waals surface area contributed by atoms with Crippen molar-refractivity contribution >= 4 is 37.2 Å². The highest BCUT2D eigenvalue weighted by Gasteiger charge is 2.20. The average molecular weight is 673 g/mol. The second-order valence-corrected chi connectivity index (χ2v) is 13.3. The molecule has 0 aliphatic carbocycles. The second-order valence-electron chi connectivity index (χ2n) is 10.3. The van der Waals surface area contributed by atoms with Gasteiger partial charge in [-0.25, -0.2) is 0 Å². The topological polar surface area (TPSA) is 177 Å². The van der Waals surface area contributed by atoms with Crippen LogP contribution in [0.4, 0.5) is 17.1 Å². The standard InChI is InChI=1S/C33H28N4O8S2/c1-21-12-15-25(16-13-21)46(39,40)37-36-29-20-26(47(41,42)43)19-28(33(29)38)35-34-27-17-14-24(44-30-10-6-4-8-22(30)2)18-32(27)45-31-11-7-5-9-23(31)3/h4-20,38H,1-3H3,(H,41,42,43). The van der Waals surface area contributed by atoms with Crippen molar-refractivity contribution in [2.24, 2.45) is 19.9 Å². The molecule has 0 spiro atoms. The Morgan fingerprint density at radius 3 is 1.72 bits per heavy atom. The van der Waals surface area contributed by atoms with E-state index in [2.05, 4.69) is 19.9 Å². The minimum atomic E-state index is -4.86. The van der Waals surface area contributed by atoms with Crippen LogP contribution in [0.2, 0.25) is 0 Å². The predicted octanol–water partition coefficient (Wildman–Crippen LogP) is 9.04. The summed E-state index contributed by atoms with van der Waals surface area (Å²) < 4.78 is 74.8. The monoisotopic (exact) mass is 672 g/mol. The van der Waals surface area contributed by atoms with Crippen LogP contribution in [0, 0.1) is 20.8 Å². The molecule has 0 aliphatic rings. The molecule has 12 nitrogen and oxygen atoms in total. The van der Waals surface area contributed by atoms with Crippen molar-refractivity contribution in [1.82, 2.24) is 0 Å². The maximum absolute atomic E-state index is 12.7. The predicted molar refractivity (Wildman–Crippen MR) is 174 cm³/mol. The Balaban J connectivity index is 1.55. The number of aromatic hydroxyl groups is 1. The van der Waals surface area contributed by atoms with Gasteiger partial charge in [-0.15, -0.1) is 15.3 Å². The molecule has 0 heterocycles. The maximum Gasteiger partial charge on any atom is 0.299 e. The first kappa shape index (κ1) is 32.9. The fourth-order valence-corrected chi connectivity index (χ4v) is 5.44. The molecular weight excluding hydrogens is 645 g/mol. The van der Waals surface area contributed by atoms with Gasteiger partial charge in [0.15, 0.2) is 11.5 Å². The molecule has 0 saturated heterocycles. The van der Waals surface area contributed by atoms with Crippen LogP contribution in [0.15, 0.2) is 133 Å². The third-order valence-corrected chi connectivity index (χ3v) is 8.74. The molecule has 5 rings (SSSR count). The van der Waals surface area contributed by atoms with E-state index in [9.17, 15) is 26.5 Å². The molecule has 240 valence electrons. The molecule has 0 amide bonds. The number of azo groups is 1. The van der Waals surface area contributed by atoms with Crippen LogP contribution in [0.1, 0.15) is 16.7 Å². The quantitative estimate of drug-likeness (QED) is 0.109. The number of phenolic OH excluding ortho intramolecular Hbond substituents is 1. The first-order valence-corrected chi connectivity index (χ1v) is 16.8. The van der Waals surface area contributed by atoms with Crippen molar-refractivity contribution in [3.63, 3.8) is 0 Å². The van der Waals surface area contributed by atoms with Crippen LogP contribution in [-0.2, 0) is 20.1 Å². The summed E-state index contributed by atoms with van der Waals surface area (Å²) in [4.78, 5) is -0.905. The lowest BCUT2D eigenvalue weighted by Crippen LogP contribution is -1.98. The summed E-state index contributed by atoms with van der Waals surface area (Å²) in [5.74, 6) is 1.04. The van der Waals surface area contributed by atoms with E-state index in [1.165, 1.54) is 12.1 Å². The molecule has 0 atom stereocenters. The summed E-state index contributed by atoms with van der Waals surface area (Å²) in [6, 6.07) is 26.9. The molecule has 0 bridgehead atoms. The number of benzene rings is 5. The van der Waals surface area contributed by atoms with Gasteiger partial charge in [0.2, 0.25) is 0 Å². The van der Waals surface area contributed by atoms with Gasteiger partial charge in [-0.2, -0.15) is 16.8 Å². The molecule has 14 heteroatoms. The van der Waals surface area contributed by atoms with Gasteiger partial charge in [-0.1, -0.05) is 58.6 Å². The highest BCUT2D eigenvalue weighted by molar-refractivity contribution is 7.90. The van der Waals surface area contributed by atoms with Gasteiger partial charge in [-0.3, -0.25) is 4.55 Å². The molecular formula is C33H28N4O8S2. The Morgan fingerprint density at radius 2 is 1.13 bits per heavy atom. The van der Waals surface area contributed by atoms with Gasteiger partial charge < -0.3 is 14.6 Å². The Kier molecular flexibility index (Phi) is 9.46. The van der Waals surface area contributed by atoms with Crippen LogP contribution in [0.5, 0.6) is 28.7 Å². The fraction of sp³-hybridized carbons (Fsp3) is 0.0909. The number of ether oxygens (including phenoxy) is 2. The number of para-hydroxylation sites is 2. The van der Waals surface area contributed by atoms with Gasteiger partial charge in [0.1, 0.15) is 34.3 Å². The SMILES string of the molecule is Cc1ccc(S(=O)(=O)N=Nc2cc(S(=O)(=O)O)cc(N=Nc3ccc(Oc4ccccc4C)cc3Oc3ccccc3C)c2O)cc1. The number of phenols is 1. The van der Waals surface area contributed by atoms with E-state index in [1.54, 1.807) is 49.4 Å². The number of sulfonamides is 1. The molecule has 5 aromatic rings. The van der Waals surface area contributed by atoms with E-state index in [0.717, 1.165) is 28.8 Å². The number of hydrogen-bond acceptors (Lipinski definition) is 10. The molecule has 47 heavy (non-hydrogen) atoms. The van der Waals surface area contributed by atoms with Crippen molar-refractivity contribution in [1.29, 1.82) is 0 Å². The van der Waals surface area contributed by atoms with E-state index in [0.29, 0.717) is 17.2 Å². The highest BCUT2D eigenvalue weighted by Crippen LogP contribution is 2.43. The van der Waals surface area contributed by atoms with Crippen molar-refractivity contribution in [3.8, 4) is 28.7 Å². The lowest BCUT2D eigenvalue weighted by atomic mass is 10.2. The smallest absolute Gasteiger partial charge is 0.299 e. The molecule has 0 radical (unpaired) electrons. The molecule has 0 unspecified atom stereocenters. The second kappa shape index (κ2) is 13.5. The van der Waals surface area contributed by atoms with E-state index in [-0.39, 0.29) is 16.3 Å². The lowest BCUT2D eigenvalue weighted by Gasteiger charge is -2.13. The zero-order valence-corrected chi connectivity index (χ0v) is 26.9. The van der Waals surface area contributed by atoms with Crippen molar-refractivity contribution in [2.45, 2.75) is 30.6 Å². The summed E-state index contributed by atoms with van der Waals surface area (Å²) in [5, 5.41) is 22.7. The molecule has 5 aromatic carbocycles. The van der Waals surface area contributed by atoms with E-state index in [4.69, 9.17) is 9.47 Å². The summed E-state index contributed by atoms with van der Waals surface area (Å²) in [5.41, 5.74) is 1.66.